The first-order valence-corrected chi connectivity index (χ1v) is 11.4. The van der Waals surface area contributed by atoms with Crippen molar-refractivity contribution in [1.29, 1.82) is 0 Å². The molecule has 2 aromatic rings. The van der Waals surface area contributed by atoms with Crippen LogP contribution in [0.4, 0.5) is 5.95 Å². The third kappa shape index (κ3) is 5.67. The number of anilines is 1. The lowest BCUT2D eigenvalue weighted by atomic mass is 10.2. The van der Waals surface area contributed by atoms with Gasteiger partial charge in [-0.05, 0) is 6.92 Å². The number of aromatic nitrogens is 5. The second-order valence-corrected chi connectivity index (χ2v) is 9.20. The van der Waals surface area contributed by atoms with E-state index in [1.165, 1.54) is 26.4 Å². The van der Waals surface area contributed by atoms with E-state index in [2.05, 4.69) is 24.9 Å². The molecule has 12 nitrogen and oxygen atoms in total. The van der Waals surface area contributed by atoms with Crippen LogP contribution >= 0.6 is 11.6 Å². The number of nitrogens with one attached hydrogen (secondary N) is 1. The molecule has 3 atom stereocenters. The lowest BCUT2D eigenvalue weighted by molar-refractivity contribution is -0.0949. The van der Waals surface area contributed by atoms with Gasteiger partial charge in [0, 0.05) is 26.6 Å². The summed E-state index contributed by atoms with van der Waals surface area (Å²) in [6, 6.07) is 0. The molecule has 0 aliphatic carbocycles. The van der Waals surface area contributed by atoms with Crippen LogP contribution in [0.2, 0.25) is 5.02 Å². The van der Waals surface area contributed by atoms with Crippen LogP contribution in [0.5, 0.6) is 0 Å². The fourth-order valence-electron chi connectivity index (χ4n) is 3.03. The van der Waals surface area contributed by atoms with Crippen molar-refractivity contribution in [2.24, 2.45) is 0 Å². The van der Waals surface area contributed by atoms with E-state index in [1.54, 1.807) is 11.7 Å². The third-order valence-electron chi connectivity index (χ3n) is 4.70. The summed E-state index contributed by atoms with van der Waals surface area (Å²) in [6.45, 7) is 3.33. The van der Waals surface area contributed by atoms with Gasteiger partial charge in [0.05, 0.1) is 38.0 Å². The Labute approximate surface area is 185 Å². The molecule has 0 spiro atoms. The Bertz CT molecular complexity index is 951. The topological polar surface area (TPSA) is 140 Å². The first kappa shape index (κ1) is 23.8. The van der Waals surface area contributed by atoms with Gasteiger partial charge in [0.15, 0.2) is 11.6 Å². The average Bonchev–Trinajstić information content (AvgIpc) is 3.16. The van der Waals surface area contributed by atoms with Crippen LogP contribution in [-0.4, -0.2) is 79.0 Å². The number of hydrogen-bond donors (Lipinski definition) is 1. The van der Waals surface area contributed by atoms with Gasteiger partial charge in [-0.15, -0.1) is 10.2 Å². The summed E-state index contributed by atoms with van der Waals surface area (Å²) in [5.41, 5.74) is 0. The maximum absolute atomic E-state index is 13.1. The number of nitrogens with zero attached hydrogens (tertiary/aromatic N) is 5. The Hall–Kier alpha value is -1.90. The lowest BCUT2D eigenvalue weighted by Gasteiger charge is -2.24. The molecular weight excluding hydrogens is 452 g/mol. The maximum Gasteiger partial charge on any atom is 0.240 e. The first-order chi connectivity index (χ1) is 14.9. The van der Waals surface area contributed by atoms with Crippen LogP contribution in [0.1, 0.15) is 30.8 Å². The highest BCUT2D eigenvalue weighted by Crippen LogP contribution is 2.26. The molecule has 31 heavy (non-hydrogen) atoms. The Morgan fingerprint density at radius 2 is 2.03 bits per heavy atom. The van der Waals surface area contributed by atoms with E-state index >= 15 is 0 Å². The van der Waals surface area contributed by atoms with E-state index < -0.39 is 27.5 Å². The van der Waals surface area contributed by atoms with E-state index in [1.807, 2.05) is 0 Å². The summed E-state index contributed by atoms with van der Waals surface area (Å²) in [4.78, 5) is 8.15. The molecule has 1 aliphatic heterocycles. The van der Waals surface area contributed by atoms with Crippen LogP contribution in [0.25, 0.3) is 0 Å². The predicted octanol–water partition coefficient (Wildman–Crippen LogP) is 0.974. The summed E-state index contributed by atoms with van der Waals surface area (Å²) in [5.74, 6) is 0.686. The van der Waals surface area contributed by atoms with Gasteiger partial charge in [-0.2, -0.15) is 0 Å². The van der Waals surface area contributed by atoms with E-state index in [0.29, 0.717) is 43.8 Å². The van der Waals surface area contributed by atoms with Gasteiger partial charge in [0.1, 0.15) is 17.5 Å². The zero-order chi connectivity index (χ0) is 22.4. The van der Waals surface area contributed by atoms with Gasteiger partial charge in [-0.3, -0.25) is 9.29 Å². The highest BCUT2D eigenvalue weighted by atomic mass is 35.5. The minimum atomic E-state index is -3.97. The molecule has 172 valence electrons. The second-order valence-electron chi connectivity index (χ2n) is 6.73. The standard InChI is InChI=1S/C17H25ClN6O6S/c1-11(14(28-3)15-19-8-12(18)9-20-15)31(25,26)23-17-22-21-16(24(17)4-5-27-2)13-10-29-6-7-30-13/h8-9,11,13-14H,4-7,10H2,1-3H3,(H,22,23)/t11-,13?,14-/m0/s1. The highest BCUT2D eigenvalue weighted by molar-refractivity contribution is 7.93. The van der Waals surface area contributed by atoms with Gasteiger partial charge in [0.25, 0.3) is 0 Å². The molecule has 1 unspecified atom stereocenters. The third-order valence-corrected chi connectivity index (χ3v) is 6.59. The SMILES string of the molecule is COCCn1c(NS(=O)(=O)[C@@H](C)[C@H](OC)c2ncc(Cl)cn2)nnc1C1COCCO1. The van der Waals surface area contributed by atoms with Crippen molar-refractivity contribution >= 4 is 27.6 Å². The van der Waals surface area contributed by atoms with Gasteiger partial charge in [-0.1, -0.05) is 11.6 Å². The van der Waals surface area contributed by atoms with Crippen LogP contribution < -0.4 is 4.72 Å². The van der Waals surface area contributed by atoms with Crippen molar-refractivity contribution in [3.05, 3.63) is 29.1 Å². The number of sulfonamides is 1. The van der Waals surface area contributed by atoms with Crippen molar-refractivity contribution in [2.45, 2.75) is 30.9 Å². The van der Waals surface area contributed by atoms with Gasteiger partial charge in [0.2, 0.25) is 16.0 Å². The molecule has 0 bridgehead atoms. The van der Waals surface area contributed by atoms with Crippen LogP contribution in [-0.2, 0) is 35.5 Å². The summed E-state index contributed by atoms with van der Waals surface area (Å²) in [7, 11) is -1.04. The summed E-state index contributed by atoms with van der Waals surface area (Å²) in [6.07, 6.45) is 1.37. The fraction of sp³-hybridized carbons (Fsp3) is 0.647. The van der Waals surface area contributed by atoms with Crippen LogP contribution in [0, 0.1) is 0 Å². The number of ether oxygens (including phenoxy) is 4. The van der Waals surface area contributed by atoms with Crippen molar-refractivity contribution in [2.75, 3.05) is 45.4 Å². The Kier molecular flexibility index (Phi) is 8.13. The minimum Gasteiger partial charge on any atom is -0.383 e. The summed E-state index contributed by atoms with van der Waals surface area (Å²) < 4.78 is 52.0. The van der Waals surface area contributed by atoms with Gasteiger partial charge in [-0.25, -0.2) is 18.4 Å². The van der Waals surface area contributed by atoms with Crippen molar-refractivity contribution in [3.63, 3.8) is 0 Å². The minimum absolute atomic E-state index is 0.0416. The Morgan fingerprint density at radius 1 is 1.29 bits per heavy atom. The molecule has 0 aromatic carbocycles. The normalized spacial score (nSPS) is 19.2. The average molecular weight is 477 g/mol. The second kappa shape index (κ2) is 10.6. The molecule has 1 aliphatic rings. The van der Waals surface area contributed by atoms with Crippen molar-refractivity contribution < 1.29 is 27.4 Å². The number of hydrogen-bond acceptors (Lipinski definition) is 10. The zero-order valence-electron chi connectivity index (χ0n) is 17.4. The molecule has 14 heteroatoms. The van der Waals surface area contributed by atoms with Crippen molar-refractivity contribution in [1.82, 2.24) is 24.7 Å². The molecule has 1 N–H and O–H groups in total. The van der Waals surface area contributed by atoms with E-state index in [4.69, 9.17) is 30.5 Å². The summed E-state index contributed by atoms with van der Waals surface area (Å²) >= 11 is 5.82. The molecular formula is C17H25ClN6O6S. The summed E-state index contributed by atoms with van der Waals surface area (Å²) in [5, 5.41) is 7.43. The number of halogens is 1. The predicted molar refractivity (Wildman–Crippen MR) is 110 cm³/mol. The van der Waals surface area contributed by atoms with Gasteiger partial charge < -0.3 is 18.9 Å². The molecule has 0 saturated carbocycles. The van der Waals surface area contributed by atoms with E-state index in [9.17, 15) is 8.42 Å². The smallest absolute Gasteiger partial charge is 0.240 e. The Balaban J connectivity index is 1.85. The highest BCUT2D eigenvalue weighted by Gasteiger charge is 2.35. The molecule has 2 aromatic heterocycles. The van der Waals surface area contributed by atoms with Crippen LogP contribution in [0.3, 0.4) is 0 Å². The van der Waals surface area contributed by atoms with E-state index in [-0.39, 0.29) is 11.8 Å². The quantitative estimate of drug-likeness (QED) is 0.527. The van der Waals surface area contributed by atoms with Crippen LogP contribution in [0.15, 0.2) is 12.4 Å². The zero-order valence-corrected chi connectivity index (χ0v) is 19.0. The number of methoxy groups -OCH3 is 2. The first-order valence-electron chi connectivity index (χ1n) is 9.50. The number of rotatable bonds is 10. The van der Waals surface area contributed by atoms with Gasteiger partial charge >= 0.3 is 0 Å². The Morgan fingerprint density at radius 3 is 2.65 bits per heavy atom. The maximum atomic E-state index is 13.1. The molecule has 3 heterocycles. The van der Waals surface area contributed by atoms with E-state index in [0.717, 1.165) is 0 Å². The molecule has 1 saturated heterocycles. The largest absolute Gasteiger partial charge is 0.383 e. The molecule has 0 amide bonds. The monoisotopic (exact) mass is 476 g/mol. The van der Waals surface area contributed by atoms with Crippen molar-refractivity contribution in [3.8, 4) is 0 Å². The molecule has 0 radical (unpaired) electrons. The molecule has 1 fully saturated rings. The lowest BCUT2D eigenvalue weighted by Crippen LogP contribution is -2.34. The molecule has 3 rings (SSSR count). The fourth-order valence-corrected chi connectivity index (χ4v) is 4.27.